The normalized spacial score (nSPS) is 14.1. The number of H-pyrrole nitrogens is 1. The summed E-state index contributed by atoms with van der Waals surface area (Å²) >= 11 is 5.42. The average molecular weight is 497 g/mol. The van der Waals surface area contributed by atoms with Gasteiger partial charge in [-0.05, 0) is 62.5 Å². The Morgan fingerprint density at radius 3 is 2.40 bits per heavy atom. The number of carbonyl (C=O) groups excluding carboxylic acids is 1. The fourth-order valence-electron chi connectivity index (χ4n) is 4.20. The lowest BCUT2D eigenvalue weighted by molar-refractivity contribution is -0.133. The Balaban J connectivity index is 1.31. The molecule has 0 bridgehead atoms. The molecule has 4 rings (SSSR count). The summed E-state index contributed by atoms with van der Waals surface area (Å²) in [5.74, 6) is 3.15. The maximum Gasteiger partial charge on any atom is 0.224 e. The molecule has 2 heterocycles. The van der Waals surface area contributed by atoms with E-state index >= 15 is 0 Å². The summed E-state index contributed by atoms with van der Waals surface area (Å²) < 4.78 is 19.7. The molecule has 0 aliphatic carbocycles. The van der Waals surface area contributed by atoms with Gasteiger partial charge in [-0.3, -0.25) is 14.5 Å². The van der Waals surface area contributed by atoms with E-state index in [1.807, 2.05) is 71.8 Å². The number of nitrogens with one attached hydrogen (secondary N) is 1. The Morgan fingerprint density at radius 1 is 1.03 bits per heavy atom. The number of piperidine rings is 1. The molecule has 186 valence electrons. The van der Waals surface area contributed by atoms with Crippen LogP contribution in [0.1, 0.15) is 33.1 Å². The fraction of sp³-hybridized carbons (Fsp3) is 0.423. The SMILES string of the molecule is CCOc1ccc(-c2n[nH]c(=S)n2CCC(=O)N2CCC(Oc3ccccc3OCC)CC2)cc1. The van der Waals surface area contributed by atoms with Crippen LogP contribution in [0.15, 0.2) is 48.5 Å². The van der Waals surface area contributed by atoms with Crippen LogP contribution in [0.4, 0.5) is 0 Å². The first-order chi connectivity index (χ1) is 17.1. The van der Waals surface area contributed by atoms with Crippen molar-refractivity contribution in [2.45, 2.75) is 45.8 Å². The molecule has 1 aliphatic rings. The Morgan fingerprint density at radius 2 is 1.71 bits per heavy atom. The molecule has 3 aromatic rings. The van der Waals surface area contributed by atoms with Crippen molar-refractivity contribution in [2.24, 2.45) is 0 Å². The molecule has 35 heavy (non-hydrogen) atoms. The van der Waals surface area contributed by atoms with Crippen LogP contribution in [0.2, 0.25) is 0 Å². The first-order valence-electron chi connectivity index (χ1n) is 12.1. The lowest BCUT2D eigenvalue weighted by atomic mass is 10.1. The molecule has 0 atom stereocenters. The number of hydrogen-bond donors (Lipinski definition) is 1. The summed E-state index contributed by atoms with van der Waals surface area (Å²) in [6, 6.07) is 15.4. The van der Waals surface area contributed by atoms with E-state index in [2.05, 4.69) is 10.2 Å². The number of para-hydroxylation sites is 2. The van der Waals surface area contributed by atoms with Crippen molar-refractivity contribution in [2.75, 3.05) is 26.3 Å². The van der Waals surface area contributed by atoms with Crippen molar-refractivity contribution in [3.05, 3.63) is 53.3 Å². The van der Waals surface area contributed by atoms with E-state index in [1.165, 1.54) is 0 Å². The van der Waals surface area contributed by atoms with Crippen LogP contribution >= 0.6 is 12.2 Å². The number of aromatic amines is 1. The summed E-state index contributed by atoms with van der Waals surface area (Å²) in [6.07, 6.45) is 1.99. The van der Waals surface area contributed by atoms with Crippen molar-refractivity contribution in [1.29, 1.82) is 0 Å². The van der Waals surface area contributed by atoms with Crippen LogP contribution in [0.5, 0.6) is 17.2 Å². The predicted octanol–water partition coefficient (Wildman–Crippen LogP) is 4.87. The number of aromatic nitrogens is 3. The zero-order chi connectivity index (χ0) is 24.6. The average Bonchev–Trinajstić information content (AvgIpc) is 3.25. The molecule has 1 saturated heterocycles. The number of rotatable bonds is 10. The van der Waals surface area contributed by atoms with Gasteiger partial charge in [-0.2, -0.15) is 5.10 Å². The topological polar surface area (TPSA) is 81.6 Å². The molecule has 0 radical (unpaired) electrons. The molecule has 1 N–H and O–H groups in total. The van der Waals surface area contributed by atoms with E-state index in [1.54, 1.807) is 0 Å². The minimum absolute atomic E-state index is 0.0643. The third-order valence-electron chi connectivity index (χ3n) is 5.97. The Labute approximate surface area is 210 Å². The molecular formula is C26H32N4O4S. The van der Waals surface area contributed by atoms with Crippen molar-refractivity contribution in [3.63, 3.8) is 0 Å². The first-order valence-corrected chi connectivity index (χ1v) is 12.5. The number of benzene rings is 2. The van der Waals surface area contributed by atoms with E-state index in [0.29, 0.717) is 49.9 Å². The van der Waals surface area contributed by atoms with Gasteiger partial charge >= 0.3 is 0 Å². The van der Waals surface area contributed by atoms with Crippen molar-refractivity contribution in [3.8, 4) is 28.6 Å². The maximum atomic E-state index is 12.9. The van der Waals surface area contributed by atoms with Crippen LogP contribution in [0, 0.1) is 4.77 Å². The molecule has 2 aromatic carbocycles. The molecule has 8 nitrogen and oxygen atoms in total. The fourth-order valence-corrected chi connectivity index (χ4v) is 4.43. The molecule has 1 fully saturated rings. The molecule has 0 spiro atoms. The van der Waals surface area contributed by atoms with Crippen molar-refractivity contribution >= 4 is 18.1 Å². The van der Waals surface area contributed by atoms with Gasteiger partial charge in [0.2, 0.25) is 5.91 Å². The molecule has 1 aliphatic heterocycles. The Kier molecular flexibility index (Phi) is 8.41. The van der Waals surface area contributed by atoms with Crippen LogP contribution in [0.3, 0.4) is 0 Å². The minimum atomic E-state index is 0.0643. The maximum absolute atomic E-state index is 12.9. The lowest BCUT2D eigenvalue weighted by Gasteiger charge is -2.32. The summed E-state index contributed by atoms with van der Waals surface area (Å²) in [4.78, 5) is 14.9. The standard InChI is InChI=1S/C26H32N4O4S/c1-3-32-20-11-9-19(10-12-20)25-27-28-26(35)30(25)18-15-24(31)29-16-13-21(14-17-29)34-23-8-6-5-7-22(23)33-4-2/h5-12,21H,3-4,13-18H2,1-2H3,(H,28,35). The molecule has 9 heteroatoms. The zero-order valence-electron chi connectivity index (χ0n) is 20.2. The summed E-state index contributed by atoms with van der Waals surface area (Å²) in [6.45, 7) is 6.92. The van der Waals surface area contributed by atoms with Gasteiger partial charge in [-0.15, -0.1) is 0 Å². The predicted molar refractivity (Wildman–Crippen MR) is 136 cm³/mol. The van der Waals surface area contributed by atoms with Crippen molar-refractivity contribution in [1.82, 2.24) is 19.7 Å². The second kappa shape index (κ2) is 11.9. The van der Waals surface area contributed by atoms with E-state index in [4.69, 9.17) is 26.4 Å². The van der Waals surface area contributed by atoms with E-state index < -0.39 is 0 Å². The quantitative estimate of drug-likeness (QED) is 0.404. The van der Waals surface area contributed by atoms with E-state index in [0.717, 1.165) is 35.7 Å². The van der Waals surface area contributed by atoms with E-state index in [9.17, 15) is 4.79 Å². The van der Waals surface area contributed by atoms with Gasteiger partial charge in [0, 0.05) is 44.5 Å². The molecule has 1 amide bonds. The van der Waals surface area contributed by atoms with Crippen molar-refractivity contribution < 1.29 is 19.0 Å². The van der Waals surface area contributed by atoms with Gasteiger partial charge in [0.05, 0.1) is 13.2 Å². The van der Waals surface area contributed by atoms with Gasteiger partial charge in [-0.1, -0.05) is 12.1 Å². The number of hydrogen-bond acceptors (Lipinski definition) is 6. The Bertz CT molecular complexity index is 1170. The highest BCUT2D eigenvalue weighted by Gasteiger charge is 2.25. The van der Waals surface area contributed by atoms with E-state index in [-0.39, 0.29) is 12.0 Å². The summed E-state index contributed by atoms with van der Waals surface area (Å²) in [5.41, 5.74) is 0.915. The van der Waals surface area contributed by atoms with Crippen LogP contribution < -0.4 is 14.2 Å². The largest absolute Gasteiger partial charge is 0.494 e. The van der Waals surface area contributed by atoms with Gasteiger partial charge < -0.3 is 19.1 Å². The number of nitrogens with zero attached hydrogens (tertiary/aromatic N) is 3. The lowest BCUT2D eigenvalue weighted by Crippen LogP contribution is -2.42. The second-order valence-corrected chi connectivity index (χ2v) is 8.68. The van der Waals surface area contributed by atoms with Gasteiger partial charge in [0.1, 0.15) is 11.9 Å². The van der Waals surface area contributed by atoms with Gasteiger partial charge in [-0.25, -0.2) is 0 Å². The molecule has 0 saturated carbocycles. The monoisotopic (exact) mass is 496 g/mol. The van der Waals surface area contributed by atoms with Crippen LogP contribution in [-0.2, 0) is 11.3 Å². The minimum Gasteiger partial charge on any atom is -0.494 e. The van der Waals surface area contributed by atoms with Crippen LogP contribution in [0.25, 0.3) is 11.4 Å². The molecular weight excluding hydrogens is 464 g/mol. The highest BCUT2D eigenvalue weighted by molar-refractivity contribution is 7.71. The zero-order valence-corrected chi connectivity index (χ0v) is 21.1. The molecule has 0 unspecified atom stereocenters. The number of amides is 1. The summed E-state index contributed by atoms with van der Waals surface area (Å²) in [5, 5.41) is 7.23. The number of carbonyl (C=O) groups is 1. The highest BCUT2D eigenvalue weighted by atomic mass is 32.1. The highest BCUT2D eigenvalue weighted by Crippen LogP contribution is 2.29. The third kappa shape index (κ3) is 6.22. The molecule has 1 aromatic heterocycles. The third-order valence-corrected chi connectivity index (χ3v) is 6.28. The van der Waals surface area contributed by atoms with Crippen LogP contribution in [-0.4, -0.2) is 58.0 Å². The Hall–Kier alpha value is -3.33. The van der Waals surface area contributed by atoms with Gasteiger partial charge in [0.15, 0.2) is 22.1 Å². The number of ether oxygens (including phenoxy) is 3. The summed E-state index contributed by atoms with van der Waals surface area (Å²) in [7, 11) is 0. The van der Waals surface area contributed by atoms with Gasteiger partial charge in [0.25, 0.3) is 0 Å². The number of likely N-dealkylation sites (tertiary alicyclic amines) is 1. The first kappa shape index (κ1) is 24.8. The second-order valence-electron chi connectivity index (χ2n) is 8.29. The smallest absolute Gasteiger partial charge is 0.224 e.